The van der Waals surface area contributed by atoms with Crippen LogP contribution in [0.1, 0.15) is 51.9 Å². The number of fused-ring (bicyclic) bond motifs is 4. The van der Waals surface area contributed by atoms with E-state index in [1.165, 1.54) is 19.1 Å². The van der Waals surface area contributed by atoms with Gasteiger partial charge in [-0.05, 0) is 67.1 Å². The highest BCUT2D eigenvalue weighted by Crippen LogP contribution is 2.48. The predicted molar refractivity (Wildman–Crippen MR) is 130 cm³/mol. The third kappa shape index (κ3) is 3.88. The third-order valence-electron chi connectivity index (χ3n) is 6.90. The number of hydrogen-bond donors (Lipinski definition) is 1. The fraction of sp³-hybridized carbons (Fsp3) is 0.417. The SMILES string of the molecule is CC(=O)OC1=NN(C2CC2)c2cc3cnc(Nc4ccc(S(=O)[O-])cc4)nc3n2C12CCCCC2. The van der Waals surface area contributed by atoms with Crippen molar-refractivity contribution in [3.8, 4) is 0 Å². The smallest absolute Gasteiger partial charge is 0.309 e. The fourth-order valence-electron chi connectivity index (χ4n) is 5.16. The lowest BCUT2D eigenvalue weighted by Gasteiger charge is -2.44. The first-order valence-electron chi connectivity index (χ1n) is 11.9. The molecular weight excluding hydrogens is 468 g/mol. The number of hydrogen-bond acceptors (Lipinski definition) is 9. The van der Waals surface area contributed by atoms with E-state index in [0.717, 1.165) is 61.8 Å². The zero-order valence-corrected chi connectivity index (χ0v) is 20.1. The summed E-state index contributed by atoms with van der Waals surface area (Å²) in [5, 5.41) is 10.9. The molecule has 1 atom stereocenters. The van der Waals surface area contributed by atoms with Crippen molar-refractivity contribution in [3.63, 3.8) is 0 Å². The summed E-state index contributed by atoms with van der Waals surface area (Å²) >= 11 is -2.28. The Hall–Kier alpha value is -3.31. The molecule has 1 aromatic carbocycles. The maximum Gasteiger partial charge on any atom is 0.309 e. The Labute approximate surface area is 204 Å². The molecule has 0 saturated heterocycles. The number of nitrogens with one attached hydrogen (secondary N) is 1. The molecule has 2 aromatic heterocycles. The molecular formula is C24H25N6O4S-. The van der Waals surface area contributed by atoms with Crippen LogP contribution in [0, 0.1) is 0 Å². The number of aromatic nitrogens is 3. The maximum absolute atomic E-state index is 12.1. The molecule has 3 aromatic rings. The highest BCUT2D eigenvalue weighted by atomic mass is 32.2. The van der Waals surface area contributed by atoms with Gasteiger partial charge in [0.05, 0.1) is 6.04 Å². The Morgan fingerprint density at radius 3 is 2.60 bits per heavy atom. The molecule has 1 spiro atoms. The van der Waals surface area contributed by atoms with Gasteiger partial charge in [-0.25, -0.2) is 9.99 Å². The third-order valence-corrected chi connectivity index (χ3v) is 7.55. The van der Waals surface area contributed by atoms with Crippen molar-refractivity contribution in [1.29, 1.82) is 0 Å². The van der Waals surface area contributed by atoms with E-state index in [-0.39, 0.29) is 16.9 Å². The van der Waals surface area contributed by atoms with E-state index in [1.54, 1.807) is 18.3 Å². The quantitative estimate of drug-likeness (QED) is 0.428. The van der Waals surface area contributed by atoms with Crippen molar-refractivity contribution in [3.05, 3.63) is 36.5 Å². The lowest BCUT2D eigenvalue weighted by molar-refractivity contribution is -0.133. The second-order valence-corrected chi connectivity index (χ2v) is 10.3. The molecule has 1 aliphatic heterocycles. The van der Waals surface area contributed by atoms with Gasteiger partial charge >= 0.3 is 5.97 Å². The molecule has 0 amide bonds. The van der Waals surface area contributed by atoms with Gasteiger partial charge in [0, 0.05) is 29.1 Å². The van der Waals surface area contributed by atoms with E-state index in [9.17, 15) is 13.6 Å². The summed E-state index contributed by atoms with van der Waals surface area (Å²) in [5.41, 5.74) is 0.859. The van der Waals surface area contributed by atoms with Crippen molar-refractivity contribution in [2.75, 3.05) is 10.3 Å². The molecule has 11 heteroatoms. The largest absolute Gasteiger partial charge is 0.768 e. The molecule has 10 nitrogen and oxygen atoms in total. The van der Waals surface area contributed by atoms with Crippen LogP contribution in [-0.4, -0.2) is 41.2 Å². The number of carbonyl (C=O) groups is 1. The van der Waals surface area contributed by atoms with E-state index >= 15 is 0 Å². The van der Waals surface area contributed by atoms with Gasteiger partial charge in [0.25, 0.3) is 0 Å². The minimum Gasteiger partial charge on any atom is -0.768 e. The van der Waals surface area contributed by atoms with Gasteiger partial charge in [-0.3, -0.25) is 13.6 Å². The second-order valence-electron chi connectivity index (χ2n) is 9.36. The summed E-state index contributed by atoms with van der Waals surface area (Å²) in [6.07, 6.45) is 8.62. The summed E-state index contributed by atoms with van der Waals surface area (Å²) in [5.74, 6) is 1.43. The highest BCUT2D eigenvalue weighted by Gasteiger charge is 2.49. The maximum atomic E-state index is 12.1. The lowest BCUT2D eigenvalue weighted by atomic mass is 9.80. The van der Waals surface area contributed by atoms with Crippen LogP contribution in [-0.2, 0) is 26.2 Å². The molecule has 3 aliphatic rings. The van der Waals surface area contributed by atoms with Gasteiger partial charge in [0.1, 0.15) is 17.0 Å². The number of carbonyl (C=O) groups excluding carboxylic acids is 1. The van der Waals surface area contributed by atoms with Crippen LogP contribution in [0.15, 0.2) is 46.5 Å². The molecule has 2 saturated carbocycles. The molecule has 0 radical (unpaired) electrons. The normalized spacial score (nSPS) is 19.8. The Balaban J connectivity index is 1.46. The monoisotopic (exact) mass is 493 g/mol. The van der Waals surface area contributed by atoms with Crippen LogP contribution in [0.3, 0.4) is 0 Å². The van der Waals surface area contributed by atoms with Gasteiger partial charge in [0.15, 0.2) is 0 Å². The highest BCUT2D eigenvalue weighted by molar-refractivity contribution is 7.79. The van der Waals surface area contributed by atoms with E-state index in [1.807, 2.05) is 5.01 Å². The van der Waals surface area contributed by atoms with Gasteiger partial charge in [-0.1, -0.05) is 19.3 Å². The van der Waals surface area contributed by atoms with Crippen LogP contribution in [0.2, 0.25) is 0 Å². The topological polar surface area (TPSA) is 125 Å². The van der Waals surface area contributed by atoms with Crippen molar-refractivity contribution >= 4 is 51.4 Å². The van der Waals surface area contributed by atoms with Crippen LogP contribution in [0.25, 0.3) is 11.0 Å². The van der Waals surface area contributed by atoms with Crippen molar-refractivity contribution in [2.45, 2.75) is 68.3 Å². The number of anilines is 3. The van der Waals surface area contributed by atoms with Gasteiger partial charge in [-0.15, -0.1) is 5.10 Å². The lowest BCUT2D eigenvalue weighted by Crippen LogP contribution is -2.51. The Morgan fingerprint density at radius 2 is 1.94 bits per heavy atom. The number of ether oxygens (including phenoxy) is 1. The number of hydrazone groups is 1. The average molecular weight is 494 g/mol. The van der Waals surface area contributed by atoms with E-state index in [0.29, 0.717) is 17.5 Å². The number of esters is 1. The first kappa shape index (κ1) is 22.2. The zero-order chi connectivity index (χ0) is 24.2. The molecule has 2 aliphatic carbocycles. The molecule has 35 heavy (non-hydrogen) atoms. The number of benzene rings is 1. The minimum atomic E-state index is -2.28. The molecule has 1 N–H and O–H groups in total. The number of rotatable bonds is 4. The number of nitrogens with zero attached hydrogens (tertiary/aromatic N) is 5. The molecule has 1 unspecified atom stereocenters. The van der Waals surface area contributed by atoms with E-state index < -0.39 is 16.6 Å². The summed E-state index contributed by atoms with van der Waals surface area (Å²) in [7, 11) is 0. The van der Waals surface area contributed by atoms with Crippen LogP contribution >= 0.6 is 0 Å². The van der Waals surface area contributed by atoms with Crippen molar-refractivity contribution < 1.29 is 18.3 Å². The van der Waals surface area contributed by atoms with Gasteiger partial charge in [-0.2, -0.15) is 4.98 Å². The van der Waals surface area contributed by atoms with Crippen LogP contribution in [0.5, 0.6) is 0 Å². The van der Waals surface area contributed by atoms with Crippen LogP contribution < -0.4 is 10.3 Å². The van der Waals surface area contributed by atoms with E-state index in [4.69, 9.17) is 14.8 Å². The Morgan fingerprint density at radius 1 is 1.20 bits per heavy atom. The molecule has 6 rings (SSSR count). The molecule has 2 fully saturated rings. The molecule has 3 heterocycles. The first-order valence-corrected chi connectivity index (χ1v) is 12.9. The van der Waals surface area contributed by atoms with Crippen molar-refractivity contribution in [1.82, 2.24) is 14.5 Å². The fourth-order valence-corrected chi connectivity index (χ4v) is 5.51. The van der Waals surface area contributed by atoms with Gasteiger partial charge in [0.2, 0.25) is 11.8 Å². The molecule has 0 bridgehead atoms. The predicted octanol–water partition coefficient (Wildman–Crippen LogP) is 3.93. The van der Waals surface area contributed by atoms with Gasteiger partial charge < -0.3 is 14.6 Å². The first-order chi connectivity index (χ1) is 16.9. The van der Waals surface area contributed by atoms with Crippen LogP contribution in [0.4, 0.5) is 17.5 Å². The average Bonchev–Trinajstić information content (AvgIpc) is 3.61. The standard InChI is InChI=1S/C24H26N6O4S/c1-15(31)34-22-24(11-3-2-4-12-24)29-20(30(28-22)18-7-8-18)13-16-14-25-23(27-21(16)29)26-17-5-9-19(10-6-17)35(32)33/h5-6,9-10,13-14,18H,2-4,7-8,11-12H2,1H3,(H,32,33)(H,25,26,27)/p-1. The zero-order valence-electron chi connectivity index (χ0n) is 19.3. The minimum absolute atomic E-state index is 0.212. The summed E-state index contributed by atoms with van der Waals surface area (Å²) in [6, 6.07) is 8.75. The Bertz CT molecular complexity index is 1360. The second kappa shape index (κ2) is 8.42. The molecule has 182 valence electrons. The summed E-state index contributed by atoms with van der Waals surface area (Å²) < 4.78 is 30.3. The van der Waals surface area contributed by atoms with E-state index in [2.05, 4.69) is 20.9 Å². The Kier molecular flexibility index (Phi) is 5.33. The summed E-state index contributed by atoms with van der Waals surface area (Å²) in [4.78, 5) is 21.6. The van der Waals surface area contributed by atoms with Crippen molar-refractivity contribution in [2.24, 2.45) is 5.10 Å². The summed E-state index contributed by atoms with van der Waals surface area (Å²) in [6.45, 7) is 1.42.